The molecule has 0 radical (unpaired) electrons. The van der Waals surface area contributed by atoms with Gasteiger partial charge >= 0.3 is 5.97 Å². The Hall–Kier alpha value is -2.08. The molecule has 0 fully saturated rings. The highest BCUT2D eigenvalue weighted by Gasteiger charge is 2.39. The van der Waals surface area contributed by atoms with Crippen LogP contribution < -0.4 is 10.1 Å². The summed E-state index contributed by atoms with van der Waals surface area (Å²) in [5.74, 6) is -0.0765. The van der Waals surface area contributed by atoms with E-state index in [0.29, 0.717) is 23.3 Å². The fourth-order valence-corrected chi connectivity index (χ4v) is 4.12. The van der Waals surface area contributed by atoms with Crippen LogP contribution in [0.15, 0.2) is 45.2 Å². The molecular weight excluding hydrogens is 386 g/mol. The van der Waals surface area contributed by atoms with Crippen molar-refractivity contribution in [2.45, 2.75) is 32.1 Å². The summed E-state index contributed by atoms with van der Waals surface area (Å²) in [4.78, 5) is 25.1. The zero-order valence-corrected chi connectivity index (χ0v) is 16.0. The van der Waals surface area contributed by atoms with Gasteiger partial charge in [0.1, 0.15) is 5.75 Å². The molecule has 3 rings (SSSR count). The molecule has 0 bridgehead atoms. The number of carbonyl (C=O) groups excluding carboxylic acids is 2. The zero-order valence-electron chi connectivity index (χ0n) is 14.4. The fourth-order valence-electron chi connectivity index (χ4n) is 3.56. The number of methoxy groups -OCH3 is 2. The average Bonchev–Trinajstić information content (AvgIpc) is 2.60. The lowest BCUT2D eigenvalue weighted by Crippen LogP contribution is -2.34. The van der Waals surface area contributed by atoms with Crippen molar-refractivity contribution in [1.29, 1.82) is 0 Å². The van der Waals surface area contributed by atoms with Crippen LogP contribution >= 0.6 is 15.9 Å². The number of halogens is 1. The molecule has 1 aromatic carbocycles. The predicted octanol–water partition coefficient (Wildman–Crippen LogP) is 3.60. The summed E-state index contributed by atoms with van der Waals surface area (Å²) >= 11 is 3.49. The largest absolute Gasteiger partial charge is 0.496 e. The van der Waals surface area contributed by atoms with Crippen LogP contribution in [0.5, 0.6) is 5.75 Å². The van der Waals surface area contributed by atoms with Crippen LogP contribution in [0.2, 0.25) is 0 Å². The number of benzene rings is 1. The van der Waals surface area contributed by atoms with Crippen molar-refractivity contribution in [2.24, 2.45) is 0 Å². The SMILES string of the molecule is COC(=O)C1=C(C)NC2=C(C(=O)CCC2)C1c1ccc(OC)c(Br)c1. The van der Waals surface area contributed by atoms with E-state index in [0.717, 1.165) is 34.3 Å². The first-order valence-corrected chi connectivity index (χ1v) is 8.93. The van der Waals surface area contributed by atoms with Crippen molar-refractivity contribution in [1.82, 2.24) is 5.32 Å². The molecule has 1 heterocycles. The van der Waals surface area contributed by atoms with Gasteiger partial charge in [0, 0.05) is 29.3 Å². The topological polar surface area (TPSA) is 64.6 Å². The number of allylic oxidation sites excluding steroid dienone is 3. The van der Waals surface area contributed by atoms with Crippen molar-refractivity contribution in [3.05, 3.63) is 50.8 Å². The molecule has 1 atom stereocenters. The number of Topliss-reactive ketones (excluding diaryl/α,β-unsaturated/α-hetero) is 1. The molecule has 6 heteroatoms. The van der Waals surface area contributed by atoms with E-state index in [1.165, 1.54) is 7.11 Å². The molecule has 0 saturated carbocycles. The van der Waals surface area contributed by atoms with E-state index in [-0.39, 0.29) is 5.78 Å². The number of ether oxygens (including phenoxy) is 2. The smallest absolute Gasteiger partial charge is 0.336 e. The summed E-state index contributed by atoms with van der Waals surface area (Å²) in [7, 11) is 2.95. The second-order valence-corrected chi connectivity index (χ2v) is 7.01. The van der Waals surface area contributed by atoms with Crippen molar-refractivity contribution < 1.29 is 19.1 Å². The first-order chi connectivity index (χ1) is 12.0. The van der Waals surface area contributed by atoms with Crippen LogP contribution in [0.4, 0.5) is 0 Å². The molecule has 25 heavy (non-hydrogen) atoms. The maximum atomic E-state index is 12.7. The molecule has 1 unspecified atom stereocenters. The highest BCUT2D eigenvalue weighted by atomic mass is 79.9. The lowest BCUT2D eigenvalue weighted by Gasteiger charge is -2.34. The van der Waals surface area contributed by atoms with Crippen LogP contribution in [-0.2, 0) is 14.3 Å². The maximum absolute atomic E-state index is 12.7. The van der Waals surface area contributed by atoms with Crippen LogP contribution in [0.1, 0.15) is 37.7 Å². The first kappa shape index (κ1) is 17.7. The second-order valence-electron chi connectivity index (χ2n) is 6.15. The monoisotopic (exact) mass is 405 g/mol. The van der Waals surface area contributed by atoms with Gasteiger partial charge in [0.15, 0.2) is 5.78 Å². The minimum absolute atomic E-state index is 0.0830. The Balaban J connectivity index is 2.19. The van der Waals surface area contributed by atoms with Crippen LogP contribution in [-0.4, -0.2) is 26.0 Å². The Morgan fingerprint density at radius 3 is 2.68 bits per heavy atom. The zero-order chi connectivity index (χ0) is 18.1. The van der Waals surface area contributed by atoms with E-state index in [9.17, 15) is 9.59 Å². The summed E-state index contributed by atoms with van der Waals surface area (Å²) in [6.07, 6.45) is 2.13. The van der Waals surface area contributed by atoms with E-state index in [1.54, 1.807) is 7.11 Å². The third-order valence-electron chi connectivity index (χ3n) is 4.69. The Morgan fingerprint density at radius 2 is 2.04 bits per heavy atom. The Labute approximate surface area is 155 Å². The predicted molar refractivity (Wildman–Crippen MR) is 97.2 cm³/mol. The van der Waals surface area contributed by atoms with Crippen LogP contribution in [0.3, 0.4) is 0 Å². The number of rotatable bonds is 3. The number of dihydropyridines is 1. The summed E-state index contributed by atoms with van der Waals surface area (Å²) in [5.41, 5.74) is 3.66. The third-order valence-corrected chi connectivity index (χ3v) is 5.31. The number of nitrogens with one attached hydrogen (secondary N) is 1. The van der Waals surface area contributed by atoms with Gasteiger partial charge in [-0.25, -0.2) is 4.79 Å². The number of esters is 1. The highest BCUT2D eigenvalue weighted by Crippen LogP contribution is 2.43. The molecule has 0 spiro atoms. The molecule has 1 aromatic rings. The number of carbonyl (C=O) groups is 2. The molecule has 0 aromatic heterocycles. The standard InChI is InChI=1S/C19H20BrNO4/c1-10-16(19(23)25-3)17(11-7-8-15(24-2)12(20)9-11)18-13(21-10)5-4-6-14(18)22/h7-9,17,21H,4-6H2,1-3H3. The van der Waals surface area contributed by atoms with E-state index in [1.807, 2.05) is 25.1 Å². The molecule has 1 N–H and O–H groups in total. The summed E-state index contributed by atoms with van der Waals surface area (Å²) < 4.78 is 11.1. The molecule has 132 valence electrons. The van der Waals surface area contributed by atoms with Gasteiger partial charge < -0.3 is 14.8 Å². The number of hydrogen-bond donors (Lipinski definition) is 1. The molecule has 0 saturated heterocycles. The second kappa shape index (κ2) is 7.04. The van der Waals surface area contributed by atoms with Crippen molar-refractivity contribution >= 4 is 27.7 Å². The van der Waals surface area contributed by atoms with E-state index in [2.05, 4.69) is 21.2 Å². The lowest BCUT2D eigenvalue weighted by molar-refractivity contribution is -0.136. The maximum Gasteiger partial charge on any atom is 0.336 e. The third kappa shape index (κ3) is 3.11. The molecule has 1 aliphatic heterocycles. The average molecular weight is 406 g/mol. The van der Waals surface area contributed by atoms with Gasteiger partial charge in [0.25, 0.3) is 0 Å². The molecule has 5 nitrogen and oxygen atoms in total. The van der Waals surface area contributed by atoms with Gasteiger partial charge in [-0.2, -0.15) is 0 Å². The normalized spacial score (nSPS) is 20.2. The van der Waals surface area contributed by atoms with Gasteiger partial charge in [-0.3, -0.25) is 4.79 Å². The Kier molecular flexibility index (Phi) is 4.99. The minimum atomic E-state index is -0.432. The Morgan fingerprint density at radius 1 is 1.28 bits per heavy atom. The summed E-state index contributed by atoms with van der Waals surface area (Å²) in [6, 6.07) is 5.62. The van der Waals surface area contributed by atoms with Gasteiger partial charge in [0.05, 0.1) is 24.3 Å². The van der Waals surface area contributed by atoms with Crippen LogP contribution in [0, 0.1) is 0 Å². The molecule has 2 aliphatic rings. The first-order valence-electron chi connectivity index (χ1n) is 8.13. The molecular formula is C19H20BrNO4. The fraction of sp³-hybridized carbons (Fsp3) is 0.368. The van der Waals surface area contributed by atoms with Gasteiger partial charge in [-0.1, -0.05) is 6.07 Å². The minimum Gasteiger partial charge on any atom is -0.496 e. The summed E-state index contributed by atoms with van der Waals surface area (Å²) in [5, 5.41) is 3.25. The van der Waals surface area contributed by atoms with Crippen molar-refractivity contribution in [3.63, 3.8) is 0 Å². The van der Waals surface area contributed by atoms with E-state index < -0.39 is 11.9 Å². The summed E-state index contributed by atoms with van der Waals surface area (Å²) in [6.45, 7) is 1.85. The Bertz CT molecular complexity index is 810. The molecule has 1 aliphatic carbocycles. The molecule has 0 amide bonds. The van der Waals surface area contributed by atoms with E-state index in [4.69, 9.17) is 9.47 Å². The highest BCUT2D eigenvalue weighted by molar-refractivity contribution is 9.10. The number of ketones is 1. The number of hydrogen-bond acceptors (Lipinski definition) is 5. The van der Waals surface area contributed by atoms with Gasteiger partial charge in [-0.05, 0) is 53.4 Å². The van der Waals surface area contributed by atoms with Gasteiger partial charge in [-0.15, -0.1) is 0 Å². The van der Waals surface area contributed by atoms with E-state index >= 15 is 0 Å². The quantitative estimate of drug-likeness (QED) is 0.778. The van der Waals surface area contributed by atoms with Crippen molar-refractivity contribution in [3.8, 4) is 5.75 Å². The van der Waals surface area contributed by atoms with Crippen LogP contribution in [0.25, 0.3) is 0 Å². The van der Waals surface area contributed by atoms with Gasteiger partial charge in [0.2, 0.25) is 0 Å². The lowest BCUT2D eigenvalue weighted by atomic mass is 9.75. The van der Waals surface area contributed by atoms with Crippen molar-refractivity contribution in [2.75, 3.05) is 14.2 Å².